The molecule has 0 aliphatic heterocycles. The van der Waals surface area contributed by atoms with Crippen molar-refractivity contribution in [1.82, 2.24) is 14.8 Å². The van der Waals surface area contributed by atoms with E-state index in [0.29, 0.717) is 6.29 Å². The van der Waals surface area contributed by atoms with E-state index >= 15 is 0 Å². The predicted molar refractivity (Wildman–Crippen MR) is 36.1 cm³/mol. The van der Waals surface area contributed by atoms with Crippen LogP contribution in [-0.4, -0.2) is 27.2 Å². The smallest absolute Gasteiger partial charge is 0.294 e. The third kappa shape index (κ3) is 3.22. The van der Waals surface area contributed by atoms with Gasteiger partial charge in [0.05, 0.1) is 13.0 Å². The number of rotatable bonds is 3. The maximum atomic E-state index is 11.7. The van der Waals surface area contributed by atoms with Crippen LogP contribution >= 0.6 is 0 Å². The molecule has 1 aromatic rings. The van der Waals surface area contributed by atoms with Crippen molar-refractivity contribution in [3.8, 4) is 0 Å². The molecule has 4 nitrogen and oxygen atoms in total. The number of aldehydes is 1. The summed E-state index contributed by atoms with van der Waals surface area (Å²) < 4.78 is 36.1. The molecule has 0 spiro atoms. The molecule has 0 bridgehead atoms. The summed E-state index contributed by atoms with van der Waals surface area (Å²) in [4.78, 5) is 13.5. The topological polar surface area (TPSA) is 47.8 Å². The molecule has 7 heteroatoms. The van der Waals surface area contributed by atoms with E-state index in [4.69, 9.17) is 0 Å². The Labute approximate surface area is 71.4 Å². The summed E-state index contributed by atoms with van der Waals surface area (Å²) in [5.41, 5.74) is 0. The van der Waals surface area contributed by atoms with E-state index < -0.39 is 12.6 Å². The molecular weight excluding hydrogens is 187 g/mol. The van der Waals surface area contributed by atoms with Crippen molar-refractivity contribution in [2.75, 3.05) is 0 Å². The molecule has 0 saturated carbocycles. The van der Waals surface area contributed by atoms with Gasteiger partial charge in [-0.05, 0) is 0 Å². The molecule has 0 radical (unpaired) electrons. The van der Waals surface area contributed by atoms with Crippen molar-refractivity contribution in [1.29, 1.82) is 0 Å². The Morgan fingerprint density at radius 3 is 2.69 bits per heavy atom. The Morgan fingerprint density at radius 2 is 2.23 bits per heavy atom. The van der Waals surface area contributed by atoms with Gasteiger partial charge in [-0.1, -0.05) is 0 Å². The van der Waals surface area contributed by atoms with Gasteiger partial charge in [-0.25, -0.2) is 4.98 Å². The Hall–Kier alpha value is -1.40. The molecular formula is C6H6F3N3O. The molecule has 0 atom stereocenters. The van der Waals surface area contributed by atoms with E-state index in [1.165, 1.54) is 0 Å². The van der Waals surface area contributed by atoms with Gasteiger partial charge in [0, 0.05) is 0 Å². The number of halogens is 3. The predicted octanol–water partition coefficient (Wildman–Crippen LogP) is 1.04. The maximum Gasteiger partial charge on any atom is 0.390 e. The summed E-state index contributed by atoms with van der Waals surface area (Å²) in [6, 6.07) is 0. The van der Waals surface area contributed by atoms with Crippen LogP contribution < -0.4 is 0 Å². The van der Waals surface area contributed by atoms with E-state index in [-0.39, 0.29) is 12.4 Å². The fourth-order valence-corrected chi connectivity index (χ4v) is 0.712. The highest BCUT2D eigenvalue weighted by Crippen LogP contribution is 2.19. The van der Waals surface area contributed by atoms with Gasteiger partial charge in [0.2, 0.25) is 5.82 Å². The molecule has 1 heterocycles. The Bertz CT molecular complexity index is 294. The SMILES string of the molecule is O=Cc1ncn(CCC(F)(F)F)n1. The lowest BCUT2D eigenvalue weighted by Gasteiger charge is -2.04. The van der Waals surface area contributed by atoms with Crippen molar-refractivity contribution in [2.24, 2.45) is 0 Å². The van der Waals surface area contributed by atoms with Crippen molar-refractivity contribution < 1.29 is 18.0 Å². The van der Waals surface area contributed by atoms with E-state index in [1.54, 1.807) is 0 Å². The molecule has 0 amide bonds. The zero-order valence-corrected chi connectivity index (χ0v) is 6.45. The molecule has 13 heavy (non-hydrogen) atoms. The minimum Gasteiger partial charge on any atom is -0.294 e. The fourth-order valence-electron chi connectivity index (χ4n) is 0.712. The number of nitrogens with zero attached hydrogens (tertiary/aromatic N) is 3. The fraction of sp³-hybridized carbons (Fsp3) is 0.500. The van der Waals surface area contributed by atoms with Crippen LogP contribution in [0.3, 0.4) is 0 Å². The number of hydrogen-bond donors (Lipinski definition) is 0. The van der Waals surface area contributed by atoms with Gasteiger partial charge in [0.15, 0.2) is 6.29 Å². The van der Waals surface area contributed by atoms with E-state index in [1.807, 2.05) is 0 Å². The molecule has 0 aliphatic rings. The van der Waals surface area contributed by atoms with Crippen LogP contribution in [0.5, 0.6) is 0 Å². The highest BCUT2D eigenvalue weighted by Gasteiger charge is 2.26. The molecule has 0 unspecified atom stereocenters. The third-order valence-corrected chi connectivity index (χ3v) is 1.28. The number of carbonyl (C=O) groups is 1. The number of carbonyl (C=O) groups excluding carboxylic acids is 1. The van der Waals surface area contributed by atoms with Crippen molar-refractivity contribution in [3.63, 3.8) is 0 Å². The van der Waals surface area contributed by atoms with Crippen LogP contribution in [0, 0.1) is 0 Å². The van der Waals surface area contributed by atoms with Crippen molar-refractivity contribution in [3.05, 3.63) is 12.2 Å². The second-order valence-corrected chi connectivity index (χ2v) is 2.35. The van der Waals surface area contributed by atoms with E-state index in [0.717, 1.165) is 11.0 Å². The van der Waals surface area contributed by atoms with E-state index in [2.05, 4.69) is 10.1 Å². The minimum absolute atomic E-state index is 0.109. The van der Waals surface area contributed by atoms with Gasteiger partial charge in [0.25, 0.3) is 0 Å². The largest absolute Gasteiger partial charge is 0.390 e. The number of hydrogen-bond acceptors (Lipinski definition) is 3. The Balaban J connectivity index is 2.50. The van der Waals surface area contributed by atoms with Gasteiger partial charge in [-0.3, -0.25) is 9.48 Å². The van der Waals surface area contributed by atoms with Crippen molar-refractivity contribution >= 4 is 6.29 Å². The van der Waals surface area contributed by atoms with Gasteiger partial charge in [-0.15, -0.1) is 5.10 Å². The molecule has 1 aromatic heterocycles. The highest BCUT2D eigenvalue weighted by molar-refractivity contribution is 5.68. The summed E-state index contributed by atoms with van der Waals surface area (Å²) in [5, 5.41) is 3.47. The summed E-state index contributed by atoms with van der Waals surface area (Å²) in [5.74, 6) is -0.109. The second kappa shape index (κ2) is 3.55. The molecule has 0 aromatic carbocycles. The first-order valence-corrected chi connectivity index (χ1v) is 3.42. The lowest BCUT2D eigenvalue weighted by Crippen LogP contribution is -2.12. The van der Waals surface area contributed by atoms with Crippen molar-refractivity contribution in [2.45, 2.75) is 19.1 Å². The molecule has 1 rings (SSSR count). The molecule has 0 fully saturated rings. The quantitative estimate of drug-likeness (QED) is 0.674. The van der Waals surface area contributed by atoms with Crippen LogP contribution in [0.4, 0.5) is 13.2 Å². The average molecular weight is 193 g/mol. The summed E-state index contributed by atoms with van der Waals surface area (Å²) in [6.45, 7) is -0.315. The number of aryl methyl sites for hydroxylation is 1. The number of alkyl halides is 3. The summed E-state index contributed by atoms with van der Waals surface area (Å²) in [6.07, 6.45) is -3.72. The lowest BCUT2D eigenvalue weighted by atomic mass is 10.4. The first-order chi connectivity index (χ1) is 6.01. The van der Waals surface area contributed by atoms with Crippen LogP contribution in [0.15, 0.2) is 6.33 Å². The van der Waals surface area contributed by atoms with Gasteiger partial charge >= 0.3 is 6.18 Å². The van der Waals surface area contributed by atoms with Gasteiger partial charge < -0.3 is 0 Å². The molecule has 0 saturated heterocycles. The first kappa shape index (κ1) is 9.69. The summed E-state index contributed by atoms with van der Waals surface area (Å²) in [7, 11) is 0. The highest BCUT2D eigenvalue weighted by atomic mass is 19.4. The van der Waals surface area contributed by atoms with E-state index in [9.17, 15) is 18.0 Å². The normalized spacial score (nSPS) is 11.6. The average Bonchev–Trinajstić information content (AvgIpc) is 2.47. The first-order valence-electron chi connectivity index (χ1n) is 3.42. The zero-order valence-electron chi connectivity index (χ0n) is 6.45. The second-order valence-electron chi connectivity index (χ2n) is 2.35. The standard InChI is InChI=1S/C6H6F3N3O/c7-6(8,9)1-2-12-4-10-5(3-13)11-12/h3-4H,1-2H2. The molecule has 72 valence electrons. The minimum atomic E-state index is -4.21. The Morgan fingerprint density at radius 1 is 1.54 bits per heavy atom. The van der Waals surface area contributed by atoms with Crippen LogP contribution in [-0.2, 0) is 6.54 Å². The molecule has 0 aliphatic carbocycles. The maximum absolute atomic E-state index is 11.7. The lowest BCUT2D eigenvalue weighted by molar-refractivity contribution is -0.137. The van der Waals surface area contributed by atoms with Crippen LogP contribution in [0.25, 0.3) is 0 Å². The van der Waals surface area contributed by atoms with Gasteiger partial charge in [0.1, 0.15) is 6.33 Å². The number of aromatic nitrogens is 3. The Kier molecular flexibility index (Phi) is 2.64. The molecule has 0 N–H and O–H groups in total. The monoisotopic (exact) mass is 193 g/mol. The third-order valence-electron chi connectivity index (χ3n) is 1.28. The van der Waals surface area contributed by atoms with Gasteiger partial charge in [-0.2, -0.15) is 13.2 Å². The zero-order chi connectivity index (χ0) is 9.90. The van der Waals surface area contributed by atoms with Crippen LogP contribution in [0.2, 0.25) is 0 Å². The summed E-state index contributed by atoms with van der Waals surface area (Å²) >= 11 is 0. The van der Waals surface area contributed by atoms with Crippen LogP contribution in [0.1, 0.15) is 17.0 Å².